The Morgan fingerprint density at radius 1 is 1.16 bits per heavy atom. The summed E-state index contributed by atoms with van der Waals surface area (Å²) in [4.78, 5) is 25.9. The number of hydrogen-bond acceptors (Lipinski definition) is 8. The molecule has 2 aromatic carbocycles. The van der Waals surface area contributed by atoms with Crippen LogP contribution in [-0.2, 0) is 9.59 Å². The molecule has 38 heavy (non-hydrogen) atoms. The maximum Gasteiger partial charge on any atom is 0.234 e. The van der Waals surface area contributed by atoms with Crippen molar-refractivity contribution in [3.8, 4) is 23.3 Å². The Kier molecular flexibility index (Phi) is 8.77. The first-order valence-corrected chi connectivity index (χ1v) is 13.4. The molecular formula is C27H25Cl2N3O5S. The highest BCUT2D eigenvalue weighted by Crippen LogP contribution is 2.48. The molecule has 2 aromatic rings. The summed E-state index contributed by atoms with van der Waals surface area (Å²) in [5.41, 5.74) is 2.66. The van der Waals surface area contributed by atoms with Crippen molar-refractivity contribution in [3.05, 3.63) is 67.8 Å². The predicted octanol–water partition coefficient (Wildman–Crippen LogP) is 5.82. The number of nitrogens with zero attached hydrogens (tertiary/aromatic N) is 1. The molecule has 1 aliphatic carbocycles. The Balaban J connectivity index is 1.71. The smallest absolute Gasteiger partial charge is 0.234 e. The quantitative estimate of drug-likeness (QED) is 0.406. The molecule has 198 valence electrons. The van der Waals surface area contributed by atoms with Crippen LogP contribution in [0.15, 0.2) is 52.2 Å². The van der Waals surface area contributed by atoms with Gasteiger partial charge in [-0.25, -0.2) is 0 Å². The van der Waals surface area contributed by atoms with Crippen LogP contribution in [0.3, 0.4) is 0 Å². The zero-order valence-electron chi connectivity index (χ0n) is 20.9. The van der Waals surface area contributed by atoms with Gasteiger partial charge in [0.25, 0.3) is 0 Å². The summed E-state index contributed by atoms with van der Waals surface area (Å²) in [6, 6.07) is 10.7. The van der Waals surface area contributed by atoms with Crippen LogP contribution in [0.25, 0.3) is 0 Å². The van der Waals surface area contributed by atoms with Gasteiger partial charge in [0.15, 0.2) is 17.3 Å². The second kappa shape index (κ2) is 12.0. The van der Waals surface area contributed by atoms with Gasteiger partial charge in [-0.1, -0.05) is 41.0 Å². The number of rotatable bonds is 8. The summed E-state index contributed by atoms with van der Waals surface area (Å²) >= 11 is 13.4. The molecule has 2 N–H and O–H groups in total. The number of methoxy groups -OCH3 is 3. The van der Waals surface area contributed by atoms with E-state index >= 15 is 0 Å². The first kappa shape index (κ1) is 27.7. The lowest BCUT2D eigenvalue weighted by atomic mass is 9.76. The lowest BCUT2D eigenvalue weighted by molar-refractivity contribution is -0.116. The monoisotopic (exact) mass is 573 g/mol. The predicted molar refractivity (Wildman–Crippen MR) is 148 cm³/mol. The molecule has 0 bridgehead atoms. The van der Waals surface area contributed by atoms with Crippen molar-refractivity contribution in [1.29, 1.82) is 5.26 Å². The number of nitriles is 1. The average Bonchev–Trinajstić information content (AvgIpc) is 2.92. The van der Waals surface area contributed by atoms with Crippen LogP contribution in [0.1, 0.15) is 30.7 Å². The molecule has 0 saturated carbocycles. The zero-order valence-corrected chi connectivity index (χ0v) is 23.3. The highest BCUT2D eigenvalue weighted by molar-refractivity contribution is 8.03. The molecule has 0 spiro atoms. The van der Waals surface area contributed by atoms with Gasteiger partial charge in [-0.3, -0.25) is 9.59 Å². The molecule has 1 aliphatic heterocycles. The third-order valence-corrected chi connectivity index (χ3v) is 8.09. The van der Waals surface area contributed by atoms with Crippen LogP contribution in [0.4, 0.5) is 5.69 Å². The molecule has 1 heterocycles. The largest absolute Gasteiger partial charge is 0.493 e. The normalized spacial score (nSPS) is 16.8. The number of carbonyl (C=O) groups is 2. The number of nitrogens with one attached hydrogen (secondary N) is 2. The Labute approximate surface area is 234 Å². The number of allylic oxidation sites excluding steroid dienone is 3. The minimum absolute atomic E-state index is 0.00507. The third-order valence-electron chi connectivity index (χ3n) is 6.26. The molecule has 0 unspecified atom stereocenters. The molecule has 1 atom stereocenters. The Morgan fingerprint density at radius 2 is 1.87 bits per heavy atom. The summed E-state index contributed by atoms with van der Waals surface area (Å²) in [5, 5.41) is 17.4. The molecule has 0 saturated heterocycles. The number of ketones is 1. The van der Waals surface area contributed by atoms with Crippen molar-refractivity contribution in [2.24, 2.45) is 0 Å². The SMILES string of the molecule is COc1cc([C@H]2C(C#N)=C(SCC(=O)Nc3cccc(Cl)c3Cl)NC3=C2C(=O)CCC3)cc(OC)c1OC. The molecular weight excluding hydrogens is 549 g/mol. The average molecular weight is 574 g/mol. The van der Waals surface area contributed by atoms with E-state index in [-0.39, 0.29) is 22.5 Å². The number of hydrogen-bond donors (Lipinski definition) is 2. The fourth-order valence-electron chi connectivity index (χ4n) is 4.56. The summed E-state index contributed by atoms with van der Waals surface area (Å²) in [6.45, 7) is 0. The number of thioether (sulfide) groups is 1. The second-order valence-corrected chi connectivity index (χ2v) is 10.2. The molecule has 11 heteroatoms. The number of carbonyl (C=O) groups excluding carboxylic acids is 2. The van der Waals surface area contributed by atoms with Crippen molar-refractivity contribution in [2.45, 2.75) is 25.2 Å². The van der Waals surface area contributed by atoms with Crippen LogP contribution in [0.5, 0.6) is 17.2 Å². The maximum atomic E-state index is 13.1. The molecule has 1 amide bonds. The van der Waals surface area contributed by atoms with E-state index in [1.54, 1.807) is 30.3 Å². The number of halogens is 2. The number of amides is 1. The minimum Gasteiger partial charge on any atom is -0.493 e. The Bertz CT molecular complexity index is 1370. The van der Waals surface area contributed by atoms with Crippen LogP contribution in [0.2, 0.25) is 10.0 Å². The fourth-order valence-corrected chi connectivity index (χ4v) is 5.77. The van der Waals surface area contributed by atoms with E-state index in [9.17, 15) is 14.9 Å². The van der Waals surface area contributed by atoms with Crippen molar-refractivity contribution >= 4 is 52.3 Å². The summed E-state index contributed by atoms with van der Waals surface area (Å²) < 4.78 is 16.5. The standard InChI is InChI=1S/C27H25Cl2N3O5S/c1-35-20-10-14(11-21(36-2)26(20)37-3)23-15(12-30)27(32-17-7-5-9-19(33)24(17)23)38-13-22(34)31-18-8-4-6-16(28)25(18)29/h4,6,8,10-11,23,32H,5,7,9,13H2,1-3H3,(H,31,34)/t23-/m0/s1. The van der Waals surface area contributed by atoms with Crippen LogP contribution < -0.4 is 24.8 Å². The molecule has 4 rings (SSSR count). The second-order valence-electron chi connectivity index (χ2n) is 8.48. The van der Waals surface area contributed by atoms with Crippen LogP contribution >= 0.6 is 35.0 Å². The van der Waals surface area contributed by atoms with E-state index in [4.69, 9.17) is 37.4 Å². The molecule has 8 nitrogen and oxygen atoms in total. The van der Waals surface area contributed by atoms with Gasteiger partial charge < -0.3 is 24.8 Å². The number of benzene rings is 2. The topological polar surface area (TPSA) is 110 Å². The highest BCUT2D eigenvalue weighted by Gasteiger charge is 2.38. The number of anilines is 1. The lowest BCUT2D eigenvalue weighted by Crippen LogP contribution is -2.31. The third kappa shape index (κ3) is 5.44. The van der Waals surface area contributed by atoms with Crippen molar-refractivity contribution in [1.82, 2.24) is 5.32 Å². The maximum absolute atomic E-state index is 13.1. The first-order valence-electron chi connectivity index (χ1n) is 11.7. The highest BCUT2D eigenvalue weighted by atomic mass is 35.5. The fraction of sp³-hybridized carbons (Fsp3) is 0.296. The number of Topliss-reactive ketones (excluding diaryl/α,β-unsaturated/α-hetero) is 1. The molecule has 0 fully saturated rings. The summed E-state index contributed by atoms with van der Waals surface area (Å²) in [7, 11) is 4.52. The van der Waals surface area contributed by atoms with Gasteiger partial charge >= 0.3 is 0 Å². The van der Waals surface area contributed by atoms with Gasteiger partial charge in [0.1, 0.15) is 0 Å². The summed E-state index contributed by atoms with van der Waals surface area (Å²) in [5.74, 6) is 0.216. The molecule has 0 aromatic heterocycles. The van der Waals surface area contributed by atoms with Gasteiger partial charge in [0.2, 0.25) is 11.7 Å². The van der Waals surface area contributed by atoms with E-state index in [1.807, 2.05) is 0 Å². The Morgan fingerprint density at radius 3 is 2.50 bits per heavy atom. The first-order chi connectivity index (χ1) is 18.3. The van der Waals surface area contributed by atoms with Crippen molar-refractivity contribution in [2.75, 3.05) is 32.4 Å². The van der Waals surface area contributed by atoms with E-state index in [1.165, 1.54) is 33.1 Å². The van der Waals surface area contributed by atoms with E-state index in [0.717, 1.165) is 5.70 Å². The van der Waals surface area contributed by atoms with Gasteiger partial charge in [-0.15, -0.1) is 0 Å². The van der Waals surface area contributed by atoms with Gasteiger partial charge in [-0.05, 0) is 42.7 Å². The van der Waals surface area contributed by atoms with Gasteiger partial charge in [0, 0.05) is 17.7 Å². The number of dihydropyridines is 1. The number of ether oxygens (including phenoxy) is 3. The molecule has 2 aliphatic rings. The van der Waals surface area contributed by atoms with Crippen LogP contribution in [-0.4, -0.2) is 38.8 Å². The minimum atomic E-state index is -0.661. The lowest BCUT2D eigenvalue weighted by Gasteiger charge is -2.33. The Hall–Kier alpha value is -3.32. The van der Waals surface area contributed by atoms with Crippen LogP contribution in [0, 0.1) is 11.3 Å². The van der Waals surface area contributed by atoms with E-state index in [2.05, 4.69) is 16.7 Å². The van der Waals surface area contributed by atoms with E-state index in [0.29, 0.717) is 69.0 Å². The van der Waals surface area contributed by atoms with Crippen molar-refractivity contribution in [3.63, 3.8) is 0 Å². The molecule has 0 radical (unpaired) electrons. The van der Waals surface area contributed by atoms with Gasteiger partial charge in [-0.2, -0.15) is 5.26 Å². The van der Waals surface area contributed by atoms with E-state index < -0.39 is 5.92 Å². The van der Waals surface area contributed by atoms with Gasteiger partial charge in [0.05, 0.1) is 65.4 Å². The van der Waals surface area contributed by atoms with Crippen molar-refractivity contribution < 1.29 is 23.8 Å². The zero-order chi connectivity index (χ0) is 27.4. The summed E-state index contributed by atoms with van der Waals surface area (Å²) in [6.07, 6.45) is 1.74.